The van der Waals surface area contributed by atoms with E-state index in [2.05, 4.69) is 15.5 Å². The van der Waals surface area contributed by atoms with E-state index in [9.17, 15) is 13.2 Å². The van der Waals surface area contributed by atoms with Crippen molar-refractivity contribution < 1.29 is 13.2 Å². The van der Waals surface area contributed by atoms with Gasteiger partial charge >= 0.3 is 6.18 Å². The lowest BCUT2D eigenvalue weighted by molar-refractivity contribution is -0.137. The summed E-state index contributed by atoms with van der Waals surface area (Å²) >= 11 is 0. The van der Waals surface area contributed by atoms with Gasteiger partial charge in [0.05, 0.1) is 12.1 Å². The second kappa shape index (κ2) is 5.95. The highest BCUT2D eigenvalue weighted by Gasteiger charge is 2.30. The Morgan fingerprint density at radius 3 is 2.42 bits per heavy atom. The van der Waals surface area contributed by atoms with Crippen LogP contribution in [0, 0.1) is 6.92 Å². The summed E-state index contributed by atoms with van der Waals surface area (Å²) in [5.41, 5.74) is 8.18. The Kier molecular flexibility index (Phi) is 3.96. The first-order valence-electron chi connectivity index (χ1n) is 7.13. The maximum atomic E-state index is 12.6. The van der Waals surface area contributed by atoms with E-state index in [0.29, 0.717) is 23.6 Å². The van der Waals surface area contributed by atoms with E-state index in [1.807, 2.05) is 19.1 Å². The number of nitrogens with zero attached hydrogens (tertiary/aromatic N) is 4. The molecule has 3 rings (SSSR count). The van der Waals surface area contributed by atoms with Gasteiger partial charge in [-0.3, -0.25) is 0 Å². The van der Waals surface area contributed by atoms with Gasteiger partial charge in [0.2, 0.25) is 0 Å². The van der Waals surface area contributed by atoms with Crippen LogP contribution in [0.5, 0.6) is 0 Å². The quantitative estimate of drug-likeness (QED) is 0.747. The zero-order valence-corrected chi connectivity index (χ0v) is 12.7. The van der Waals surface area contributed by atoms with Gasteiger partial charge in [-0.05, 0) is 46.7 Å². The van der Waals surface area contributed by atoms with Gasteiger partial charge in [0.1, 0.15) is 0 Å². The van der Waals surface area contributed by atoms with Crippen LogP contribution in [-0.4, -0.2) is 20.2 Å². The molecule has 3 aromatic rings. The van der Waals surface area contributed by atoms with E-state index in [0.717, 1.165) is 23.3 Å². The molecule has 0 fully saturated rings. The van der Waals surface area contributed by atoms with Crippen molar-refractivity contribution in [1.29, 1.82) is 0 Å². The SMILES string of the molecule is Cc1cc(Cn2nnnc2-c2ccc(C(F)(F)F)cc2)ccc1N. The summed E-state index contributed by atoms with van der Waals surface area (Å²) < 4.78 is 39.5. The molecule has 0 amide bonds. The summed E-state index contributed by atoms with van der Waals surface area (Å²) in [5.74, 6) is 0.401. The minimum absolute atomic E-state index is 0.393. The second-order valence-electron chi connectivity index (χ2n) is 5.43. The van der Waals surface area contributed by atoms with Crippen LogP contribution in [0.1, 0.15) is 16.7 Å². The van der Waals surface area contributed by atoms with Crippen molar-refractivity contribution in [2.75, 3.05) is 5.73 Å². The Bertz CT molecular complexity index is 853. The van der Waals surface area contributed by atoms with E-state index in [1.54, 1.807) is 6.07 Å². The lowest BCUT2D eigenvalue weighted by Crippen LogP contribution is -2.06. The number of anilines is 1. The Labute approximate surface area is 135 Å². The second-order valence-corrected chi connectivity index (χ2v) is 5.43. The van der Waals surface area contributed by atoms with Crippen LogP contribution in [0.25, 0.3) is 11.4 Å². The van der Waals surface area contributed by atoms with Crippen LogP contribution >= 0.6 is 0 Å². The molecule has 0 saturated carbocycles. The molecular weight excluding hydrogens is 319 g/mol. The van der Waals surface area contributed by atoms with E-state index < -0.39 is 11.7 Å². The van der Waals surface area contributed by atoms with E-state index in [1.165, 1.54) is 16.8 Å². The van der Waals surface area contributed by atoms with Gasteiger partial charge in [0, 0.05) is 11.3 Å². The number of aryl methyl sites for hydroxylation is 1. The number of nitrogens with two attached hydrogens (primary N) is 1. The third kappa shape index (κ3) is 3.22. The summed E-state index contributed by atoms with van der Waals surface area (Å²) in [7, 11) is 0. The highest BCUT2D eigenvalue weighted by Crippen LogP contribution is 2.30. The van der Waals surface area contributed by atoms with Crippen molar-refractivity contribution in [1.82, 2.24) is 20.2 Å². The average Bonchev–Trinajstić information content (AvgIpc) is 2.98. The molecule has 0 aliphatic rings. The maximum absolute atomic E-state index is 12.6. The Balaban J connectivity index is 1.88. The largest absolute Gasteiger partial charge is 0.416 e. The molecule has 0 saturated heterocycles. The number of alkyl halides is 3. The highest BCUT2D eigenvalue weighted by atomic mass is 19.4. The first-order chi connectivity index (χ1) is 11.3. The zero-order valence-electron chi connectivity index (χ0n) is 12.7. The standard InChI is InChI=1S/C16H14F3N5/c1-10-8-11(2-7-14(10)20)9-24-15(21-22-23-24)12-3-5-13(6-4-12)16(17,18)19/h2-8H,9,20H2,1H3. The normalized spacial score (nSPS) is 11.7. The Morgan fingerprint density at radius 1 is 1.08 bits per heavy atom. The minimum Gasteiger partial charge on any atom is -0.399 e. The number of hydrogen-bond acceptors (Lipinski definition) is 4. The van der Waals surface area contributed by atoms with Gasteiger partial charge in [-0.25, -0.2) is 4.68 Å². The van der Waals surface area contributed by atoms with Crippen LogP contribution < -0.4 is 5.73 Å². The molecule has 0 spiro atoms. The summed E-state index contributed by atoms with van der Waals surface area (Å²) in [4.78, 5) is 0. The maximum Gasteiger partial charge on any atom is 0.416 e. The van der Waals surface area contributed by atoms with Gasteiger partial charge in [0.25, 0.3) is 0 Å². The molecule has 2 N–H and O–H groups in total. The topological polar surface area (TPSA) is 69.6 Å². The van der Waals surface area contributed by atoms with Gasteiger partial charge in [0.15, 0.2) is 5.82 Å². The number of hydrogen-bond donors (Lipinski definition) is 1. The molecule has 1 heterocycles. The third-order valence-corrected chi connectivity index (χ3v) is 3.67. The highest BCUT2D eigenvalue weighted by molar-refractivity contribution is 5.55. The summed E-state index contributed by atoms with van der Waals surface area (Å²) in [6, 6.07) is 10.3. The molecule has 24 heavy (non-hydrogen) atoms. The van der Waals surface area contributed by atoms with Gasteiger partial charge in [-0.1, -0.05) is 24.3 Å². The van der Waals surface area contributed by atoms with Gasteiger partial charge < -0.3 is 5.73 Å². The predicted octanol–water partition coefficient (Wildman–Crippen LogP) is 3.30. The van der Waals surface area contributed by atoms with Crippen molar-refractivity contribution in [2.24, 2.45) is 0 Å². The number of nitrogen functional groups attached to an aromatic ring is 1. The Hall–Kier alpha value is -2.90. The molecule has 0 unspecified atom stereocenters. The van der Waals surface area contributed by atoms with Crippen molar-refractivity contribution in [3.05, 3.63) is 59.2 Å². The summed E-state index contributed by atoms with van der Waals surface area (Å²) in [5, 5.41) is 11.4. The molecule has 0 bridgehead atoms. The molecule has 0 atom stereocenters. The predicted molar refractivity (Wildman–Crippen MR) is 82.9 cm³/mol. The first-order valence-corrected chi connectivity index (χ1v) is 7.13. The molecule has 1 aromatic heterocycles. The fraction of sp³-hybridized carbons (Fsp3) is 0.188. The molecule has 8 heteroatoms. The molecule has 2 aromatic carbocycles. The summed E-state index contributed by atoms with van der Waals surface area (Å²) in [6.07, 6.45) is -4.37. The fourth-order valence-electron chi connectivity index (χ4n) is 2.34. The molecule has 0 aliphatic carbocycles. The lowest BCUT2D eigenvalue weighted by atomic mass is 10.1. The molecule has 124 valence electrons. The fourth-order valence-corrected chi connectivity index (χ4v) is 2.34. The van der Waals surface area contributed by atoms with Gasteiger partial charge in [-0.2, -0.15) is 13.2 Å². The van der Waals surface area contributed by atoms with Crippen LogP contribution in [0.4, 0.5) is 18.9 Å². The zero-order chi connectivity index (χ0) is 17.3. The molecule has 0 radical (unpaired) electrons. The van der Waals surface area contributed by atoms with Crippen LogP contribution in [0.3, 0.4) is 0 Å². The first kappa shape index (κ1) is 16.0. The monoisotopic (exact) mass is 333 g/mol. The number of halogens is 3. The number of rotatable bonds is 3. The average molecular weight is 333 g/mol. The third-order valence-electron chi connectivity index (χ3n) is 3.67. The van der Waals surface area contributed by atoms with E-state index in [4.69, 9.17) is 5.73 Å². The van der Waals surface area contributed by atoms with Gasteiger partial charge in [-0.15, -0.1) is 5.10 Å². The van der Waals surface area contributed by atoms with Crippen molar-refractivity contribution >= 4 is 5.69 Å². The van der Waals surface area contributed by atoms with Crippen molar-refractivity contribution in [3.8, 4) is 11.4 Å². The lowest BCUT2D eigenvalue weighted by Gasteiger charge is -2.09. The van der Waals surface area contributed by atoms with Crippen molar-refractivity contribution in [3.63, 3.8) is 0 Å². The smallest absolute Gasteiger partial charge is 0.399 e. The number of tetrazole rings is 1. The van der Waals surface area contributed by atoms with E-state index in [-0.39, 0.29) is 0 Å². The molecular formula is C16H14F3N5. The van der Waals surface area contributed by atoms with Crippen molar-refractivity contribution in [2.45, 2.75) is 19.6 Å². The summed E-state index contributed by atoms with van der Waals surface area (Å²) in [6.45, 7) is 2.29. The Morgan fingerprint density at radius 2 is 1.79 bits per heavy atom. The number of benzene rings is 2. The molecule has 5 nitrogen and oxygen atoms in total. The van der Waals surface area contributed by atoms with Crippen LogP contribution in [0.15, 0.2) is 42.5 Å². The van der Waals surface area contributed by atoms with Crippen LogP contribution in [-0.2, 0) is 12.7 Å². The van der Waals surface area contributed by atoms with Crippen LogP contribution in [0.2, 0.25) is 0 Å². The number of aromatic nitrogens is 4. The molecule has 0 aliphatic heterocycles. The van der Waals surface area contributed by atoms with E-state index >= 15 is 0 Å². The minimum atomic E-state index is -4.37.